The summed E-state index contributed by atoms with van der Waals surface area (Å²) in [5, 5.41) is 9.05. The SMILES string of the molecule is N#Cc1cccc(N2CCc3nc(-c4ccncc4)oc3C2)c1. The summed E-state index contributed by atoms with van der Waals surface area (Å²) in [6.07, 6.45) is 4.30. The second-order valence-corrected chi connectivity index (χ2v) is 5.46. The Bertz CT molecular complexity index is 880. The van der Waals surface area contributed by atoms with E-state index in [2.05, 4.69) is 20.9 Å². The van der Waals surface area contributed by atoms with Gasteiger partial charge in [0, 0.05) is 36.6 Å². The average molecular weight is 302 g/mol. The molecule has 0 radical (unpaired) electrons. The van der Waals surface area contributed by atoms with Crippen LogP contribution in [0.1, 0.15) is 17.0 Å². The summed E-state index contributed by atoms with van der Waals surface area (Å²) in [7, 11) is 0. The molecule has 0 bridgehead atoms. The number of rotatable bonds is 2. The van der Waals surface area contributed by atoms with Gasteiger partial charge in [0.05, 0.1) is 23.9 Å². The second kappa shape index (κ2) is 5.58. The van der Waals surface area contributed by atoms with Crippen molar-refractivity contribution in [1.82, 2.24) is 9.97 Å². The molecular formula is C18H14N4O. The van der Waals surface area contributed by atoms with Crippen molar-refractivity contribution >= 4 is 5.69 Å². The fourth-order valence-electron chi connectivity index (χ4n) is 2.81. The first-order valence-corrected chi connectivity index (χ1v) is 7.47. The van der Waals surface area contributed by atoms with Gasteiger partial charge in [0.1, 0.15) is 5.76 Å². The molecule has 2 aromatic heterocycles. The minimum atomic E-state index is 0.644. The quantitative estimate of drug-likeness (QED) is 0.727. The third-order valence-electron chi connectivity index (χ3n) is 4.00. The van der Waals surface area contributed by atoms with E-state index in [0.29, 0.717) is 18.0 Å². The van der Waals surface area contributed by atoms with Crippen molar-refractivity contribution in [3.63, 3.8) is 0 Å². The lowest BCUT2D eigenvalue weighted by atomic mass is 10.1. The highest BCUT2D eigenvalue weighted by molar-refractivity contribution is 5.55. The standard InChI is InChI=1S/C18H14N4O/c19-11-13-2-1-3-15(10-13)22-9-6-16-17(12-22)23-18(21-16)14-4-7-20-8-5-14/h1-5,7-8,10H,6,9,12H2. The van der Waals surface area contributed by atoms with Crippen LogP contribution in [0.3, 0.4) is 0 Å². The molecule has 0 saturated heterocycles. The fraction of sp³-hybridized carbons (Fsp3) is 0.167. The van der Waals surface area contributed by atoms with Gasteiger partial charge in [0.25, 0.3) is 0 Å². The van der Waals surface area contributed by atoms with Gasteiger partial charge in [0.15, 0.2) is 0 Å². The third kappa shape index (κ3) is 2.55. The maximum absolute atomic E-state index is 9.05. The van der Waals surface area contributed by atoms with Crippen LogP contribution < -0.4 is 4.90 Å². The summed E-state index contributed by atoms with van der Waals surface area (Å²) in [4.78, 5) is 10.8. The smallest absolute Gasteiger partial charge is 0.226 e. The van der Waals surface area contributed by atoms with Crippen LogP contribution in [0.15, 0.2) is 53.2 Å². The van der Waals surface area contributed by atoms with Crippen LogP contribution in [0, 0.1) is 11.3 Å². The largest absolute Gasteiger partial charge is 0.439 e. The van der Waals surface area contributed by atoms with Crippen molar-refractivity contribution in [2.75, 3.05) is 11.4 Å². The molecule has 1 aliphatic rings. The Morgan fingerprint density at radius 1 is 1.17 bits per heavy atom. The number of nitrogens with zero attached hydrogens (tertiary/aromatic N) is 4. The Kier molecular flexibility index (Phi) is 3.28. The molecule has 0 spiro atoms. The van der Waals surface area contributed by atoms with Gasteiger partial charge in [-0.25, -0.2) is 4.98 Å². The van der Waals surface area contributed by atoms with E-state index in [0.717, 1.165) is 35.7 Å². The fourth-order valence-corrected chi connectivity index (χ4v) is 2.81. The molecule has 5 heteroatoms. The van der Waals surface area contributed by atoms with Gasteiger partial charge >= 0.3 is 0 Å². The second-order valence-electron chi connectivity index (χ2n) is 5.46. The molecule has 0 unspecified atom stereocenters. The highest BCUT2D eigenvalue weighted by Crippen LogP contribution is 2.28. The molecule has 0 saturated carbocycles. The van der Waals surface area contributed by atoms with Crippen molar-refractivity contribution in [2.24, 2.45) is 0 Å². The van der Waals surface area contributed by atoms with E-state index in [-0.39, 0.29) is 0 Å². The van der Waals surface area contributed by atoms with E-state index in [1.807, 2.05) is 36.4 Å². The number of hydrogen-bond acceptors (Lipinski definition) is 5. The zero-order chi connectivity index (χ0) is 15.6. The van der Waals surface area contributed by atoms with Gasteiger partial charge in [-0.05, 0) is 30.3 Å². The Labute approximate surface area is 133 Å². The normalized spacial score (nSPS) is 13.4. The van der Waals surface area contributed by atoms with Gasteiger partial charge in [-0.3, -0.25) is 4.98 Å². The summed E-state index contributed by atoms with van der Waals surface area (Å²) in [6.45, 7) is 1.53. The molecule has 23 heavy (non-hydrogen) atoms. The molecule has 5 nitrogen and oxygen atoms in total. The number of pyridine rings is 1. The maximum atomic E-state index is 9.05. The van der Waals surface area contributed by atoms with E-state index in [4.69, 9.17) is 9.68 Å². The van der Waals surface area contributed by atoms with Crippen LogP contribution in [0.2, 0.25) is 0 Å². The first kappa shape index (κ1) is 13.5. The molecule has 4 rings (SSSR count). The van der Waals surface area contributed by atoms with Crippen molar-refractivity contribution in [2.45, 2.75) is 13.0 Å². The van der Waals surface area contributed by atoms with Gasteiger partial charge < -0.3 is 9.32 Å². The molecular weight excluding hydrogens is 288 g/mol. The Morgan fingerprint density at radius 2 is 2.04 bits per heavy atom. The zero-order valence-electron chi connectivity index (χ0n) is 12.4. The number of nitriles is 1. The highest BCUT2D eigenvalue weighted by Gasteiger charge is 2.23. The first-order chi connectivity index (χ1) is 11.3. The van der Waals surface area contributed by atoms with Crippen molar-refractivity contribution < 1.29 is 4.42 Å². The minimum Gasteiger partial charge on any atom is -0.439 e. The van der Waals surface area contributed by atoms with Crippen LogP contribution in [0.25, 0.3) is 11.5 Å². The van der Waals surface area contributed by atoms with Crippen LogP contribution >= 0.6 is 0 Å². The first-order valence-electron chi connectivity index (χ1n) is 7.47. The van der Waals surface area contributed by atoms with Gasteiger partial charge in [-0.2, -0.15) is 5.26 Å². The Hall–Kier alpha value is -3.13. The van der Waals surface area contributed by atoms with E-state index in [9.17, 15) is 0 Å². The molecule has 112 valence electrons. The van der Waals surface area contributed by atoms with E-state index in [1.54, 1.807) is 12.4 Å². The van der Waals surface area contributed by atoms with Crippen LogP contribution in [-0.4, -0.2) is 16.5 Å². The summed E-state index contributed by atoms with van der Waals surface area (Å²) in [6, 6.07) is 13.6. The maximum Gasteiger partial charge on any atom is 0.226 e. The molecule has 1 aromatic carbocycles. The van der Waals surface area contributed by atoms with Crippen molar-refractivity contribution in [3.05, 3.63) is 65.8 Å². The number of anilines is 1. The predicted molar refractivity (Wildman–Crippen MR) is 85.6 cm³/mol. The van der Waals surface area contributed by atoms with E-state index < -0.39 is 0 Å². The number of hydrogen-bond donors (Lipinski definition) is 0. The van der Waals surface area contributed by atoms with Crippen LogP contribution in [0.5, 0.6) is 0 Å². The molecule has 3 heterocycles. The third-order valence-corrected chi connectivity index (χ3v) is 4.00. The number of aromatic nitrogens is 2. The predicted octanol–water partition coefficient (Wildman–Crippen LogP) is 3.17. The lowest BCUT2D eigenvalue weighted by molar-refractivity contribution is 0.495. The number of fused-ring (bicyclic) bond motifs is 1. The van der Waals surface area contributed by atoms with E-state index in [1.165, 1.54) is 0 Å². The summed E-state index contributed by atoms with van der Waals surface area (Å²) in [5.74, 6) is 1.54. The Balaban J connectivity index is 1.62. The lowest BCUT2D eigenvalue weighted by Crippen LogP contribution is -2.29. The summed E-state index contributed by atoms with van der Waals surface area (Å²) >= 11 is 0. The summed E-state index contributed by atoms with van der Waals surface area (Å²) in [5.41, 5.74) is 3.66. The molecule has 0 N–H and O–H groups in total. The van der Waals surface area contributed by atoms with Gasteiger partial charge in [0.2, 0.25) is 5.89 Å². The molecule has 0 fully saturated rings. The van der Waals surface area contributed by atoms with Crippen LogP contribution in [0.4, 0.5) is 5.69 Å². The zero-order valence-corrected chi connectivity index (χ0v) is 12.4. The molecule has 0 amide bonds. The summed E-state index contributed by atoms with van der Waals surface area (Å²) < 4.78 is 5.95. The highest BCUT2D eigenvalue weighted by atomic mass is 16.4. The molecule has 1 aliphatic heterocycles. The molecule has 0 aliphatic carbocycles. The van der Waals surface area contributed by atoms with Gasteiger partial charge in [-0.15, -0.1) is 0 Å². The Morgan fingerprint density at radius 3 is 2.87 bits per heavy atom. The van der Waals surface area contributed by atoms with E-state index >= 15 is 0 Å². The van der Waals surface area contributed by atoms with Crippen molar-refractivity contribution in [1.29, 1.82) is 5.26 Å². The van der Waals surface area contributed by atoms with Crippen molar-refractivity contribution in [3.8, 4) is 17.5 Å². The number of benzene rings is 1. The average Bonchev–Trinajstić information content (AvgIpc) is 3.06. The monoisotopic (exact) mass is 302 g/mol. The molecule has 0 atom stereocenters. The van der Waals surface area contributed by atoms with Gasteiger partial charge in [-0.1, -0.05) is 6.07 Å². The topological polar surface area (TPSA) is 66.0 Å². The van der Waals surface area contributed by atoms with Crippen LogP contribution in [-0.2, 0) is 13.0 Å². The molecule has 3 aromatic rings. The lowest BCUT2D eigenvalue weighted by Gasteiger charge is -2.27. The minimum absolute atomic E-state index is 0.644. The number of oxazole rings is 1.